The Balaban J connectivity index is 1.72. The molecule has 1 N–H and O–H groups in total. The van der Waals surface area contributed by atoms with Gasteiger partial charge in [0.2, 0.25) is 5.91 Å². The standard InChI is InChI=1S/C18H17NO3/c1-11-7-8-15(12(2)9-11)19-17(20)10-16-13-5-3-4-6-14(13)18(21)22-16/h3-9,16H,10H2,1-2H3,(H,19,20)/t16-/m0/s1. The predicted octanol–water partition coefficient (Wildman–Crippen LogP) is 3.54. The van der Waals surface area contributed by atoms with Crippen molar-refractivity contribution in [3.8, 4) is 0 Å². The lowest BCUT2D eigenvalue weighted by atomic mass is 10.0. The number of nitrogens with one attached hydrogen (secondary N) is 1. The van der Waals surface area contributed by atoms with Crippen LogP contribution in [0.3, 0.4) is 0 Å². The lowest BCUT2D eigenvalue weighted by molar-refractivity contribution is -0.118. The van der Waals surface area contributed by atoms with Crippen molar-refractivity contribution in [2.45, 2.75) is 26.4 Å². The first-order valence-electron chi connectivity index (χ1n) is 7.21. The smallest absolute Gasteiger partial charge is 0.339 e. The molecule has 1 atom stereocenters. The third-order valence-corrected chi connectivity index (χ3v) is 3.80. The normalized spacial score (nSPS) is 16.1. The van der Waals surface area contributed by atoms with Gasteiger partial charge in [-0.05, 0) is 31.5 Å². The van der Waals surface area contributed by atoms with Crippen molar-refractivity contribution in [2.24, 2.45) is 0 Å². The van der Waals surface area contributed by atoms with Crippen molar-refractivity contribution >= 4 is 17.6 Å². The monoisotopic (exact) mass is 295 g/mol. The first-order valence-corrected chi connectivity index (χ1v) is 7.21. The minimum Gasteiger partial charge on any atom is -0.453 e. The number of hydrogen-bond donors (Lipinski definition) is 1. The van der Waals surface area contributed by atoms with Crippen molar-refractivity contribution in [1.82, 2.24) is 0 Å². The van der Waals surface area contributed by atoms with Gasteiger partial charge in [0, 0.05) is 11.3 Å². The molecule has 0 saturated carbocycles. The number of rotatable bonds is 3. The van der Waals surface area contributed by atoms with Crippen LogP contribution >= 0.6 is 0 Å². The average molecular weight is 295 g/mol. The van der Waals surface area contributed by atoms with Crippen LogP contribution in [0.4, 0.5) is 5.69 Å². The fourth-order valence-corrected chi connectivity index (χ4v) is 2.69. The molecule has 22 heavy (non-hydrogen) atoms. The number of ether oxygens (including phenoxy) is 1. The van der Waals surface area contributed by atoms with Crippen LogP contribution in [0.2, 0.25) is 0 Å². The van der Waals surface area contributed by atoms with E-state index in [0.29, 0.717) is 5.56 Å². The van der Waals surface area contributed by atoms with E-state index in [2.05, 4.69) is 5.32 Å². The Morgan fingerprint density at radius 1 is 1.18 bits per heavy atom. The molecule has 1 heterocycles. The number of hydrogen-bond acceptors (Lipinski definition) is 3. The summed E-state index contributed by atoms with van der Waals surface area (Å²) in [6.07, 6.45) is -0.384. The predicted molar refractivity (Wildman–Crippen MR) is 83.8 cm³/mol. The second-order valence-corrected chi connectivity index (χ2v) is 5.55. The van der Waals surface area contributed by atoms with Gasteiger partial charge >= 0.3 is 5.97 Å². The van der Waals surface area contributed by atoms with Gasteiger partial charge in [-0.1, -0.05) is 35.9 Å². The van der Waals surface area contributed by atoms with Gasteiger partial charge in [-0.25, -0.2) is 4.79 Å². The molecule has 0 aliphatic carbocycles. The number of fused-ring (bicyclic) bond motifs is 1. The second-order valence-electron chi connectivity index (χ2n) is 5.55. The maximum absolute atomic E-state index is 12.2. The number of esters is 1. The summed E-state index contributed by atoms with van der Waals surface area (Å²) < 4.78 is 5.29. The third kappa shape index (κ3) is 2.72. The highest BCUT2D eigenvalue weighted by molar-refractivity contribution is 5.96. The van der Waals surface area contributed by atoms with Gasteiger partial charge in [-0.15, -0.1) is 0 Å². The summed E-state index contributed by atoms with van der Waals surface area (Å²) in [4.78, 5) is 24.0. The van der Waals surface area contributed by atoms with Crippen molar-refractivity contribution in [3.05, 3.63) is 64.7 Å². The third-order valence-electron chi connectivity index (χ3n) is 3.80. The largest absolute Gasteiger partial charge is 0.453 e. The number of amides is 1. The molecule has 3 rings (SSSR count). The van der Waals surface area contributed by atoms with Crippen molar-refractivity contribution in [3.63, 3.8) is 0 Å². The summed E-state index contributed by atoms with van der Waals surface area (Å²) in [6, 6.07) is 13.0. The highest BCUT2D eigenvalue weighted by Crippen LogP contribution is 2.33. The van der Waals surface area contributed by atoms with Crippen molar-refractivity contribution in [2.75, 3.05) is 5.32 Å². The van der Waals surface area contributed by atoms with Gasteiger partial charge in [0.25, 0.3) is 0 Å². The Kier molecular flexibility index (Phi) is 3.67. The molecule has 2 aromatic carbocycles. The van der Waals surface area contributed by atoms with Crippen molar-refractivity contribution < 1.29 is 14.3 Å². The number of anilines is 1. The maximum atomic E-state index is 12.2. The summed E-state index contributed by atoms with van der Waals surface area (Å²) in [5, 5.41) is 2.88. The Morgan fingerprint density at radius 3 is 2.73 bits per heavy atom. The Labute approximate surface area is 129 Å². The zero-order valence-electron chi connectivity index (χ0n) is 12.6. The summed E-state index contributed by atoms with van der Waals surface area (Å²) in [5.41, 5.74) is 4.27. The minimum atomic E-state index is -0.505. The molecule has 112 valence electrons. The first-order chi connectivity index (χ1) is 10.5. The van der Waals surface area contributed by atoms with Crippen LogP contribution in [-0.2, 0) is 9.53 Å². The number of aryl methyl sites for hydroxylation is 2. The highest BCUT2D eigenvalue weighted by atomic mass is 16.5. The number of benzene rings is 2. The summed E-state index contributed by atoms with van der Waals surface area (Å²) in [6.45, 7) is 3.96. The topological polar surface area (TPSA) is 55.4 Å². The SMILES string of the molecule is Cc1ccc(NC(=O)C[C@@H]2OC(=O)c3ccccc32)c(C)c1. The van der Waals surface area contributed by atoms with Gasteiger partial charge in [-0.3, -0.25) is 4.79 Å². The number of carbonyl (C=O) groups excluding carboxylic acids is 2. The van der Waals surface area contributed by atoms with E-state index in [0.717, 1.165) is 22.4 Å². The number of cyclic esters (lactones) is 1. The highest BCUT2D eigenvalue weighted by Gasteiger charge is 2.32. The van der Waals surface area contributed by atoms with Crippen LogP contribution in [0.15, 0.2) is 42.5 Å². The van der Waals surface area contributed by atoms with E-state index < -0.39 is 6.10 Å². The lowest BCUT2D eigenvalue weighted by Gasteiger charge is -2.12. The summed E-state index contributed by atoms with van der Waals surface area (Å²) in [5.74, 6) is -0.527. The Hall–Kier alpha value is -2.62. The first kappa shape index (κ1) is 14.3. The van der Waals surface area contributed by atoms with E-state index in [1.54, 1.807) is 12.1 Å². The molecule has 1 amide bonds. The van der Waals surface area contributed by atoms with E-state index in [4.69, 9.17) is 4.74 Å². The zero-order chi connectivity index (χ0) is 15.7. The molecule has 0 aromatic heterocycles. The van der Waals surface area contributed by atoms with Crippen LogP contribution in [0, 0.1) is 13.8 Å². The van der Waals surface area contributed by atoms with Crippen LogP contribution in [0.1, 0.15) is 39.6 Å². The lowest BCUT2D eigenvalue weighted by Crippen LogP contribution is -2.16. The minimum absolute atomic E-state index is 0.121. The van der Waals surface area contributed by atoms with Gasteiger partial charge < -0.3 is 10.1 Å². The quantitative estimate of drug-likeness (QED) is 0.881. The van der Waals surface area contributed by atoms with E-state index >= 15 is 0 Å². The molecular weight excluding hydrogens is 278 g/mol. The van der Waals surface area contributed by atoms with E-state index in [-0.39, 0.29) is 18.3 Å². The molecule has 0 saturated heterocycles. The van der Waals surface area contributed by atoms with Crippen molar-refractivity contribution in [1.29, 1.82) is 0 Å². The molecule has 4 heteroatoms. The van der Waals surface area contributed by atoms with Gasteiger partial charge in [0.05, 0.1) is 12.0 Å². The van der Waals surface area contributed by atoms with E-state index in [1.807, 2.05) is 44.2 Å². The molecule has 0 fully saturated rings. The molecule has 1 aliphatic rings. The van der Waals surface area contributed by atoms with Crippen LogP contribution < -0.4 is 5.32 Å². The Bertz CT molecular complexity index is 752. The number of carbonyl (C=O) groups is 2. The molecule has 2 aromatic rings. The van der Waals surface area contributed by atoms with Crippen LogP contribution in [0.5, 0.6) is 0 Å². The van der Waals surface area contributed by atoms with E-state index in [1.165, 1.54) is 0 Å². The average Bonchev–Trinajstić information content (AvgIpc) is 2.79. The van der Waals surface area contributed by atoms with Gasteiger partial charge in [0.1, 0.15) is 6.10 Å². The zero-order valence-corrected chi connectivity index (χ0v) is 12.6. The molecule has 0 spiro atoms. The second kappa shape index (κ2) is 5.64. The molecule has 0 unspecified atom stereocenters. The molecule has 0 radical (unpaired) electrons. The van der Waals surface area contributed by atoms with Crippen LogP contribution in [-0.4, -0.2) is 11.9 Å². The summed E-state index contributed by atoms with van der Waals surface area (Å²) >= 11 is 0. The molecular formula is C18H17NO3. The van der Waals surface area contributed by atoms with Gasteiger partial charge in [0.15, 0.2) is 0 Å². The fourth-order valence-electron chi connectivity index (χ4n) is 2.69. The van der Waals surface area contributed by atoms with Crippen LogP contribution in [0.25, 0.3) is 0 Å². The summed E-state index contributed by atoms with van der Waals surface area (Å²) in [7, 11) is 0. The molecule has 0 bridgehead atoms. The maximum Gasteiger partial charge on any atom is 0.339 e. The fraction of sp³-hybridized carbons (Fsp3) is 0.222. The van der Waals surface area contributed by atoms with E-state index in [9.17, 15) is 9.59 Å². The molecule has 4 nitrogen and oxygen atoms in total. The Morgan fingerprint density at radius 2 is 1.95 bits per heavy atom. The molecule has 1 aliphatic heterocycles. The van der Waals surface area contributed by atoms with Gasteiger partial charge in [-0.2, -0.15) is 0 Å².